The smallest absolute Gasteiger partial charge is 0.231 e. The van der Waals surface area contributed by atoms with Crippen molar-refractivity contribution in [2.75, 3.05) is 13.3 Å². The van der Waals surface area contributed by atoms with Gasteiger partial charge in [0.1, 0.15) is 5.65 Å². The van der Waals surface area contributed by atoms with Gasteiger partial charge < -0.3 is 19.6 Å². The van der Waals surface area contributed by atoms with Crippen LogP contribution in [0.15, 0.2) is 36.5 Å². The van der Waals surface area contributed by atoms with Crippen LogP contribution in [0.25, 0.3) is 16.9 Å². The molecular formula is C17H17N3O2. The fourth-order valence-corrected chi connectivity index (χ4v) is 2.85. The van der Waals surface area contributed by atoms with E-state index in [-0.39, 0.29) is 6.79 Å². The zero-order valence-corrected chi connectivity index (χ0v) is 12.4. The lowest BCUT2D eigenvalue weighted by molar-refractivity contribution is 0.174. The van der Waals surface area contributed by atoms with E-state index in [1.54, 1.807) is 0 Å². The molecule has 0 fully saturated rings. The number of rotatable bonds is 3. The summed E-state index contributed by atoms with van der Waals surface area (Å²) in [4.78, 5) is 4.78. The van der Waals surface area contributed by atoms with Crippen LogP contribution < -0.4 is 15.2 Å². The molecule has 1 aliphatic rings. The quantitative estimate of drug-likeness (QED) is 0.806. The van der Waals surface area contributed by atoms with Crippen LogP contribution in [0.2, 0.25) is 0 Å². The fourth-order valence-electron chi connectivity index (χ4n) is 2.85. The highest BCUT2D eigenvalue weighted by Gasteiger charge is 2.18. The van der Waals surface area contributed by atoms with Crippen LogP contribution in [0, 0.1) is 6.92 Å². The largest absolute Gasteiger partial charge is 0.454 e. The summed E-state index contributed by atoms with van der Waals surface area (Å²) < 4.78 is 13.0. The normalized spacial score (nSPS) is 13.0. The monoisotopic (exact) mass is 295 g/mol. The van der Waals surface area contributed by atoms with Gasteiger partial charge in [-0.1, -0.05) is 6.07 Å². The van der Waals surface area contributed by atoms with Gasteiger partial charge in [0.15, 0.2) is 11.5 Å². The molecule has 0 saturated carbocycles. The zero-order valence-electron chi connectivity index (χ0n) is 12.4. The average Bonchev–Trinajstić information content (AvgIpc) is 3.12. The lowest BCUT2D eigenvalue weighted by Crippen LogP contribution is -2.06. The van der Waals surface area contributed by atoms with Crippen molar-refractivity contribution < 1.29 is 9.47 Å². The number of imidazole rings is 1. The Labute approximate surface area is 128 Å². The summed E-state index contributed by atoms with van der Waals surface area (Å²) in [5.74, 6) is 1.55. The SMILES string of the molecule is Cc1ccc2nc(-c3ccc4c(c3)OCO4)c(CCN)n2c1. The third-order valence-electron chi connectivity index (χ3n) is 3.89. The van der Waals surface area contributed by atoms with E-state index in [9.17, 15) is 0 Å². The molecule has 0 saturated heterocycles. The van der Waals surface area contributed by atoms with Gasteiger partial charge in [-0.15, -0.1) is 0 Å². The Hall–Kier alpha value is -2.53. The van der Waals surface area contributed by atoms with Gasteiger partial charge in [-0.3, -0.25) is 0 Å². The second kappa shape index (κ2) is 5.03. The predicted molar refractivity (Wildman–Crippen MR) is 84.2 cm³/mol. The first-order valence-corrected chi connectivity index (χ1v) is 7.34. The summed E-state index contributed by atoms with van der Waals surface area (Å²) in [6.45, 7) is 2.93. The molecule has 0 atom stereocenters. The van der Waals surface area contributed by atoms with Gasteiger partial charge in [0, 0.05) is 18.2 Å². The molecule has 0 radical (unpaired) electrons. The summed E-state index contributed by atoms with van der Waals surface area (Å²) in [6.07, 6.45) is 2.87. The molecule has 4 rings (SSSR count). The average molecular weight is 295 g/mol. The maximum absolute atomic E-state index is 5.80. The van der Waals surface area contributed by atoms with E-state index < -0.39 is 0 Å². The van der Waals surface area contributed by atoms with Crippen molar-refractivity contribution >= 4 is 5.65 Å². The van der Waals surface area contributed by atoms with E-state index in [1.807, 2.05) is 24.3 Å². The Bertz CT molecular complexity index is 854. The molecular weight excluding hydrogens is 278 g/mol. The highest BCUT2D eigenvalue weighted by Crippen LogP contribution is 2.36. The minimum absolute atomic E-state index is 0.277. The molecule has 0 spiro atoms. The summed E-state index contributed by atoms with van der Waals surface area (Å²) in [5.41, 5.74) is 11.0. The molecule has 0 aliphatic carbocycles. The van der Waals surface area contributed by atoms with E-state index >= 15 is 0 Å². The highest BCUT2D eigenvalue weighted by molar-refractivity contribution is 5.70. The number of pyridine rings is 1. The number of ether oxygens (including phenoxy) is 2. The third-order valence-corrected chi connectivity index (χ3v) is 3.89. The number of nitrogens with zero attached hydrogens (tertiary/aromatic N) is 2. The Morgan fingerprint density at radius 3 is 2.91 bits per heavy atom. The van der Waals surface area contributed by atoms with Crippen molar-refractivity contribution in [1.82, 2.24) is 9.38 Å². The van der Waals surface area contributed by atoms with Crippen LogP contribution in [0.1, 0.15) is 11.3 Å². The minimum atomic E-state index is 0.277. The Morgan fingerprint density at radius 2 is 2.05 bits per heavy atom. The lowest BCUT2D eigenvalue weighted by Gasteiger charge is -2.05. The molecule has 2 aromatic heterocycles. The van der Waals surface area contributed by atoms with E-state index in [0.29, 0.717) is 6.54 Å². The number of hydrogen-bond donors (Lipinski definition) is 1. The summed E-state index contributed by atoms with van der Waals surface area (Å²) >= 11 is 0. The van der Waals surface area contributed by atoms with Gasteiger partial charge in [-0.25, -0.2) is 4.98 Å². The molecule has 112 valence electrons. The molecule has 1 aliphatic heterocycles. The molecule has 2 N–H and O–H groups in total. The number of aryl methyl sites for hydroxylation is 1. The second-order valence-corrected chi connectivity index (χ2v) is 5.45. The van der Waals surface area contributed by atoms with Crippen LogP contribution in [0.3, 0.4) is 0 Å². The van der Waals surface area contributed by atoms with Crippen molar-refractivity contribution in [3.63, 3.8) is 0 Å². The van der Waals surface area contributed by atoms with E-state index in [4.69, 9.17) is 20.2 Å². The molecule has 0 amide bonds. The van der Waals surface area contributed by atoms with Crippen molar-refractivity contribution in [2.45, 2.75) is 13.3 Å². The maximum Gasteiger partial charge on any atom is 0.231 e. The molecule has 0 bridgehead atoms. The van der Waals surface area contributed by atoms with Gasteiger partial charge in [0.05, 0.1) is 11.4 Å². The molecule has 5 nitrogen and oxygen atoms in total. The van der Waals surface area contributed by atoms with E-state index in [2.05, 4.69) is 23.6 Å². The second-order valence-electron chi connectivity index (χ2n) is 5.45. The number of fused-ring (bicyclic) bond motifs is 2. The number of aromatic nitrogens is 2. The van der Waals surface area contributed by atoms with Crippen molar-refractivity contribution in [1.29, 1.82) is 0 Å². The Kier molecular flexibility index (Phi) is 3.01. The lowest BCUT2D eigenvalue weighted by atomic mass is 10.1. The van der Waals surface area contributed by atoms with Crippen LogP contribution in [-0.4, -0.2) is 22.7 Å². The number of hydrogen-bond acceptors (Lipinski definition) is 4. The first-order valence-electron chi connectivity index (χ1n) is 7.34. The first-order chi connectivity index (χ1) is 10.8. The number of benzene rings is 1. The van der Waals surface area contributed by atoms with Gasteiger partial charge in [0.2, 0.25) is 6.79 Å². The van der Waals surface area contributed by atoms with Gasteiger partial charge in [-0.2, -0.15) is 0 Å². The van der Waals surface area contributed by atoms with Crippen LogP contribution >= 0.6 is 0 Å². The van der Waals surface area contributed by atoms with Gasteiger partial charge >= 0.3 is 0 Å². The summed E-state index contributed by atoms with van der Waals surface area (Å²) in [7, 11) is 0. The summed E-state index contributed by atoms with van der Waals surface area (Å²) in [5, 5.41) is 0. The summed E-state index contributed by atoms with van der Waals surface area (Å²) in [6, 6.07) is 10.0. The van der Waals surface area contributed by atoms with Crippen LogP contribution in [0.4, 0.5) is 0 Å². The maximum atomic E-state index is 5.80. The first kappa shape index (κ1) is 13.2. The van der Waals surface area contributed by atoms with Crippen LogP contribution in [0.5, 0.6) is 11.5 Å². The van der Waals surface area contributed by atoms with Crippen LogP contribution in [-0.2, 0) is 6.42 Å². The molecule has 22 heavy (non-hydrogen) atoms. The molecule has 3 heterocycles. The minimum Gasteiger partial charge on any atom is -0.454 e. The topological polar surface area (TPSA) is 61.8 Å². The van der Waals surface area contributed by atoms with Crippen molar-refractivity contribution in [2.24, 2.45) is 5.73 Å². The number of nitrogens with two attached hydrogens (primary N) is 1. The fraction of sp³-hybridized carbons (Fsp3) is 0.235. The van der Waals surface area contributed by atoms with E-state index in [0.717, 1.165) is 40.5 Å². The van der Waals surface area contributed by atoms with Crippen molar-refractivity contribution in [3.8, 4) is 22.8 Å². The van der Waals surface area contributed by atoms with Gasteiger partial charge in [0.25, 0.3) is 0 Å². The third kappa shape index (κ3) is 2.02. The van der Waals surface area contributed by atoms with Gasteiger partial charge in [-0.05, 0) is 43.3 Å². The molecule has 5 heteroatoms. The molecule has 3 aromatic rings. The standard InChI is InChI=1S/C17H17N3O2/c1-11-2-5-16-19-17(13(6-7-18)20(16)9-11)12-3-4-14-15(8-12)22-10-21-14/h2-5,8-9H,6-7,10,18H2,1H3. The Morgan fingerprint density at radius 1 is 1.18 bits per heavy atom. The molecule has 0 unspecified atom stereocenters. The highest BCUT2D eigenvalue weighted by atomic mass is 16.7. The predicted octanol–water partition coefficient (Wildman–Crippen LogP) is 2.54. The molecule has 1 aromatic carbocycles. The van der Waals surface area contributed by atoms with Crippen molar-refractivity contribution in [3.05, 3.63) is 47.8 Å². The van der Waals surface area contributed by atoms with E-state index in [1.165, 1.54) is 5.56 Å². The Balaban J connectivity index is 1.92. The zero-order chi connectivity index (χ0) is 15.1.